The predicted molar refractivity (Wildman–Crippen MR) is 169 cm³/mol. The maximum absolute atomic E-state index is 7.14. The first-order valence-electron chi connectivity index (χ1n) is 15.3. The molecule has 42 heavy (non-hydrogen) atoms. The van der Waals surface area contributed by atoms with Gasteiger partial charge in [-0.1, -0.05) is 85.3 Å². The number of nitrogens with zero attached hydrogens (tertiary/aromatic N) is 1. The smallest absolute Gasteiger partial charge is 0.187 e. The van der Waals surface area contributed by atoms with Crippen molar-refractivity contribution in [3.63, 3.8) is 0 Å². The number of epoxide rings is 1. The van der Waals surface area contributed by atoms with Crippen LogP contribution in [-0.2, 0) is 35.2 Å². The van der Waals surface area contributed by atoms with Crippen LogP contribution in [0.4, 0.5) is 5.69 Å². The third-order valence-corrected chi connectivity index (χ3v) is 8.51. The molecule has 1 aliphatic heterocycles. The van der Waals surface area contributed by atoms with Gasteiger partial charge in [0.2, 0.25) is 0 Å². The first-order chi connectivity index (χ1) is 20.7. The van der Waals surface area contributed by atoms with Gasteiger partial charge < -0.3 is 14.2 Å². The summed E-state index contributed by atoms with van der Waals surface area (Å²) in [5.41, 5.74) is 11.7. The van der Waals surface area contributed by atoms with Gasteiger partial charge in [-0.25, -0.2) is 4.85 Å². The molecule has 1 saturated heterocycles. The first kappa shape index (κ1) is 28.2. The summed E-state index contributed by atoms with van der Waals surface area (Å²) in [6.07, 6.45) is 6.39. The summed E-state index contributed by atoms with van der Waals surface area (Å²) in [6.45, 7) is 12.6. The second-order valence-electron chi connectivity index (χ2n) is 11.6. The van der Waals surface area contributed by atoms with Crippen molar-refractivity contribution >= 4 is 5.69 Å². The van der Waals surface area contributed by atoms with Crippen LogP contribution in [0, 0.1) is 6.57 Å². The van der Waals surface area contributed by atoms with E-state index in [9.17, 15) is 0 Å². The van der Waals surface area contributed by atoms with Crippen LogP contribution in [0.1, 0.15) is 59.1 Å². The Bertz CT molecular complexity index is 1530. The van der Waals surface area contributed by atoms with E-state index >= 15 is 0 Å². The fourth-order valence-corrected chi connectivity index (χ4v) is 5.85. The molecule has 6 rings (SSSR count). The maximum Gasteiger partial charge on any atom is 0.187 e. The van der Waals surface area contributed by atoms with Crippen LogP contribution in [0.15, 0.2) is 84.9 Å². The lowest BCUT2D eigenvalue weighted by molar-refractivity contribution is 0.110. The Morgan fingerprint density at radius 2 is 1.24 bits per heavy atom. The van der Waals surface area contributed by atoms with Crippen LogP contribution >= 0.6 is 0 Å². The minimum absolute atomic E-state index is 0.343. The monoisotopic (exact) mass is 557 g/mol. The minimum atomic E-state index is 0.343. The normalized spacial score (nSPS) is 16.5. The van der Waals surface area contributed by atoms with E-state index in [4.69, 9.17) is 20.8 Å². The third kappa shape index (κ3) is 7.10. The van der Waals surface area contributed by atoms with E-state index in [2.05, 4.69) is 84.6 Å². The Labute approximate surface area is 250 Å². The molecule has 2 atom stereocenters. The number of aryl methyl sites for hydroxylation is 4. The van der Waals surface area contributed by atoms with Crippen LogP contribution < -0.4 is 4.74 Å². The first-order valence-corrected chi connectivity index (χ1v) is 15.3. The van der Waals surface area contributed by atoms with E-state index in [0.717, 1.165) is 70.7 Å². The molecule has 4 heteroatoms. The average molecular weight is 558 g/mol. The van der Waals surface area contributed by atoms with Gasteiger partial charge in [-0.3, -0.25) is 0 Å². The number of benzene rings is 4. The molecule has 0 amide bonds. The highest BCUT2D eigenvalue weighted by molar-refractivity contribution is 5.79. The van der Waals surface area contributed by atoms with Gasteiger partial charge in [-0.2, -0.15) is 0 Å². The van der Waals surface area contributed by atoms with Crippen LogP contribution in [-0.4, -0.2) is 32.5 Å². The fourth-order valence-electron chi connectivity index (χ4n) is 5.85. The summed E-state index contributed by atoms with van der Waals surface area (Å²) in [5, 5.41) is 0. The lowest BCUT2D eigenvalue weighted by Gasteiger charge is -2.10. The van der Waals surface area contributed by atoms with Crippen LogP contribution in [0.25, 0.3) is 16.0 Å². The summed E-state index contributed by atoms with van der Waals surface area (Å²) in [7, 11) is 0. The van der Waals surface area contributed by atoms with Crippen molar-refractivity contribution in [3.05, 3.63) is 130 Å². The van der Waals surface area contributed by atoms with E-state index in [1.165, 1.54) is 44.5 Å². The van der Waals surface area contributed by atoms with Gasteiger partial charge in [0, 0.05) is 12.5 Å². The van der Waals surface area contributed by atoms with E-state index in [1.54, 1.807) is 0 Å². The lowest BCUT2D eigenvalue weighted by Crippen LogP contribution is -2.04. The topological polar surface area (TPSA) is 35.4 Å². The Balaban J connectivity index is 0.983. The third-order valence-electron chi connectivity index (χ3n) is 8.51. The standard InChI is InChI=1S/C38H39NO3/c1-27-37-23-30(7-5-28-9-15-32(39-2)16-10-28)13-19-35(37)36-20-14-31(24-38(27)36)8-6-29-11-17-33(18-12-29)41-22-4-3-21-40-25-34-26-42-34/h9-20,23-24,27,34H,3-8,21-22,25-26H2,1H3. The van der Waals surface area contributed by atoms with Crippen molar-refractivity contribution < 1.29 is 14.2 Å². The largest absolute Gasteiger partial charge is 0.494 e. The van der Waals surface area contributed by atoms with Gasteiger partial charge in [0.1, 0.15) is 11.9 Å². The molecule has 1 heterocycles. The Kier molecular flexibility index (Phi) is 8.99. The highest BCUT2D eigenvalue weighted by Crippen LogP contribution is 2.45. The number of hydrogen-bond donors (Lipinski definition) is 0. The zero-order valence-corrected chi connectivity index (χ0v) is 24.5. The molecule has 4 nitrogen and oxygen atoms in total. The molecule has 2 unspecified atom stereocenters. The van der Waals surface area contributed by atoms with Crippen LogP contribution in [0.5, 0.6) is 5.75 Å². The Morgan fingerprint density at radius 1 is 0.714 bits per heavy atom. The van der Waals surface area contributed by atoms with Crippen molar-refractivity contribution in [3.8, 4) is 16.9 Å². The second kappa shape index (κ2) is 13.4. The Morgan fingerprint density at radius 3 is 1.81 bits per heavy atom. The summed E-state index contributed by atoms with van der Waals surface area (Å²) in [5.74, 6) is 1.34. The summed E-state index contributed by atoms with van der Waals surface area (Å²) in [4.78, 5) is 3.50. The SMILES string of the molecule is [C-]#[N+]c1ccc(CCc2ccc3c(c2)C(C)c2cc(CCc4ccc(OCCCCOCC5CO5)cc4)ccc2-3)cc1. The predicted octanol–water partition coefficient (Wildman–Crippen LogP) is 8.51. The average Bonchev–Trinajstić information content (AvgIpc) is 3.83. The minimum Gasteiger partial charge on any atom is -0.494 e. The zero-order chi connectivity index (χ0) is 28.7. The quantitative estimate of drug-likeness (QED) is 0.0886. The fraction of sp³-hybridized carbons (Fsp3) is 0.342. The van der Waals surface area contributed by atoms with E-state index < -0.39 is 0 Å². The molecule has 1 fully saturated rings. The van der Waals surface area contributed by atoms with E-state index in [1.807, 2.05) is 12.1 Å². The molecule has 1 aliphatic carbocycles. The highest BCUT2D eigenvalue weighted by atomic mass is 16.6. The number of ether oxygens (including phenoxy) is 3. The lowest BCUT2D eigenvalue weighted by atomic mass is 9.94. The molecule has 0 radical (unpaired) electrons. The molecule has 4 aromatic carbocycles. The summed E-state index contributed by atoms with van der Waals surface area (Å²) < 4.78 is 16.7. The van der Waals surface area contributed by atoms with E-state index in [0.29, 0.717) is 17.7 Å². The van der Waals surface area contributed by atoms with Crippen LogP contribution in [0.2, 0.25) is 0 Å². The molecule has 214 valence electrons. The van der Waals surface area contributed by atoms with Gasteiger partial charge in [-0.15, -0.1) is 0 Å². The molecular weight excluding hydrogens is 518 g/mol. The van der Waals surface area contributed by atoms with Gasteiger partial charge in [0.05, 0.1) is 26.4 Å². The molecule has 0 saturated carbocycles. The zero-order valence-electron chi connectivity index (χ0n) is 24.5. The van der Waals surface area contributed by atoms with Crippen molar-refractivity contribution in [1.82, 2.24) is 0 Å². The van der Waals surface area contributed by atoms with Gasteiger partial charge in [0.15, 0.2) is 5.69 Å². The number of fused-ring (bicyclic) bond motifs is 3. The number of rotatable bonds is 14. The molecule has 0 bridgehead atoms. The maximum atomic E-state index is 7.14. The van der Waals surface area contributed by atoms with Crippen molar-refractivity contribution in [2.75, 3.05) is 26.4 Å². The molecule has 0 aromatic heterocycles. The second-order valence-corrected chi connectivity index (χ2v) is 11.6. The molecule has 0 N–H and O–H groups in total. The molecular formula is C38H39NO3. The van der Waals surface area contributed by atoms with E-state index in [-0.39, 0.29) is 0 Å². The summed E-state index contributed by atoms with van der Waals surface area (Å²) >= 11 is 0. The van der Waals surface area contributed by atoms with Gasteiger partial charge >= 0.3 is 0 Å². The number of hydrogen-bond acceptors (Lipinski definition) is 3. The van der Waals surface area contributed by atoms with Crippen molar-refractivity contribution in [1.29, 1.82) is 0 Å². The molecule has 4 aromatic rings. The van der Waals surface area contributed by atoms with Gasteiger partial charge in [0.25, 0.3) is 0 Å². The number of unbranched alkanes of at least 4 members (excludes halogenated alkanes) is 1. The molecule has 0 spiro atoms. The van der Waals surface area contributed by atoms with Crippen LogP contribution in [0.3, 0.4) is 0 Å². The highest BCUT2D eigenvalue weighted by Gasteiger charge is 2.26. The summed E-state index contributed by atoms with van der Waals surface area (Å²) in [6, 6.07) is 30.6. The van der Waals surface area contributed by atoms with Gasteiger partial charge in [-0.05, 0) is 89.6 Å². The van der Waals surface area contributed by atoms with Crippen molar-refractivity contribution in [2.24, 2.45) is 0 Å². The Hall–Kier alpha value is -3.91. The van der Waals surface area contributed by atoms with Crippen molar-refractivity contribution in [2.45, 2.75) is 57.5 Å². The molecule has 2 aliphatic rings.